The third-order valence-electron chi connectivity index (χ3n) is 2.51. The van der Waals surface area contributed by atoms with E-state index < -0.39 is 18.8 Å². The van der Waals surface area contributed by atoms with Crippen LogP contribution >= 0.6 is 0 Å². The van der Waals surface area contributed by atoms with Gasteiger partial charge in [-0.15, -0.1) is 0 Å². The largest absolute Gasteiger partial charge is 0.488 e. The van der Waals surface area contributed by atoms with Crippen LogP contribution < -0.4 is 10.8 Å². The minimum Gasteiger partial charge on any atom is -0.423 e. The standard InChI is InChI=1S/C13H11BFNO3/c15-11-7-9(6-10(8-11)14(18)19)13(17)16-12-4-2-1-3-5-12/h1-8,18-19H,(H,16,17). The molecule has 2 aromatic rings. The van der Waals surface area contributed by atoms with Crippen molar-refractivity contribution in [3.63, 3.8) is 0 Å². The number of nitrogens with one attached hydrogen (secondary N) is 1. The molecule has 0 heterocycles. The van der Waals surface area contributed by atoms with Crippen LogP contribution in [0.5, 0.6) is 0 Å². The highest BCUT2D eigenvalue weighted by atomic mass is 19.1. The summed E-state index contributed by atoms with van der Waals surface area (Å²) in [6.07, 6.45) is 0. The lowest BCUT2D eigenvalue weighted by molar-refractivity contribution is 0.102. The SMILES string of the molecule is O=C(Nc1ccccc1)c1cc(F)cc(B(O)O)c1. The van der Waals surface area contributed by atoms with Gasteiger partial charge >= 0.3 is 7.12 Å². The maximum absolute atomic E-state index is 13.3. The fourth-order valence-electron chi connectivity index (χ4n) is 1.62. The monoisotopic (exact) mass is 259 g/mol. The fraction of sp³-hybridized carbons (Fsp3) is 0. The van der Waals surface area contributed by atoms with E-state index in [1.165, 1.54) is 6.07 Å². The van der Waals surface area contributed by atoms with Crippen LogP contribution in [0.2, 0.25) is 0 Å². The van der Waals surface area contributed by atoms with Crippen molar-refractivity contribution in [1.82, 2.24) is 0 Å². The Kier molecular flexibility index (Phi) is 3.94. The summed E-state index contributed by atoms with van der Waals surface area (Å²) >= 11 is 0. The summed E-state index contributed by atoms with van der Waals surface area (Å²) in [5, 5.41) is 20.6. The van der Waals surface area contributed by atoms with E-state index >= 15 is 0 Å². The number of amides is 1. The van der Waals surface area contributed by atoms with E-state index in [-0.39, 0.29) is 11.0 Å². The van der Waals surface area contributed by atoms with Crippen molar-refractivity contribution in [3.05, 3.63) is 59.9 Å². The molecule has 19 heavy (non-hydrogen) atoms. The van der Waals surface area contributed by atoms with Gasteiger partial charge in [0.1, 0.15) is 5.82 Å². The minimum atomic E-state index is -1.82. The first-order valence-corrected chi connectivity index (χ1v) is 5.59. The lowest BCUT2D eigenvalue weighted by atomic mass is 9.79. The highest BCUT2D eigenvalue weighted by molar-refractivity contribution is 6.58. The molecule has 2 aromatic carbocycles. The molecule has 0 aliphatic heterocycles. The Morgan fingerprint density at radius 3 is 2.42 bits per heavy atom. The van der Waals surface area contributed by atoms with E-state index in [0.29, 0.717) is 5.69 Å². The maximum atomic E-state index is 13.3. The molecule has 3 N–H and O–H groups in total. The molecule has 0 bridgehead atoms. The Bertz CT molecular complexity index is 590. The molecule has 0 spiro atoms. The molecule has 0 fully saturated rings. The van der Waals surface area contributed by atoms with Gasteiger partial charge in [0.05, 0.1) is 0 Å². The van der Waals surface area contributed by atoms with Crippen LogP contribution in [0.15, 0.2) is 48.5 Å². The topological polar surface area (TPSA) is 69.6 Å². The number of rotatable bonds is 3. The third-order valence-corrected chi connectivity index (χ3v) is 2.51. The van der Waals surface area contributed by atoms with E-state index in [0.717, 1.165) is 12.1 Å². The first-order valence-electron chi connectivity index (χ1n) is 5.59. The van der Waals surface area contributed by atoms with Crippen LogP contribution in [-0.2, 0) is 0 Å². The number of hydrogen-bond acceptors (Lipinski definition) is 3. The first kappa shape index (κ1) is 13.3. The van der Waals surface area contributed by atoms with Crippen LogP contribution in [0.25, 0.3) is 0 Å². The van der Waals surface area contributed by atoms with Gasteiger partial charge in [-0.3, -0.25) is 4.79 Å². The highest BCUT2D eigenvalue weighted by Crippen LogP contribution is 2.09. The molecule has 0 aliphatic carbocycles. The molecule has 0 aliphatic rings. The van der Waals surface area contributed by atoms with Gasteiger partial charge < -0.3 is 15.4 Å². The van der Waals surface area contributed by atoms with Crippen LogP contribution in [0.1, 0.15) is 10.4 Å². The predicted octanol–water partition coefficient (Wildman–Crippen LogP) is 0.758. The van der Waals surface area contributed by atoms with Gasteiger partial charge in [-0.1, -0.05) is 18.2 Å². The van der Waals surface area contributed by atoms with E-state index in [1.807, 2.05) is 0 Å². The van der Waals surface area contributed by atoms with Crippen LogP contribution in [0, 0.1) is 5.82 Å². The molecule has 6 heteroatoms. The van der Waals surface area contributed by atoms with Crippen molar-refractivity contribution in [2.24, 2.45) is 0 Å². The Morgan fingerprint density at radius 2 is 1.79 bits per heavy atom. The lowest BCUT2D eigenvalue weighted by Gasteiger charge is -2.07. The van der Waals surface area contributed by atoms with Crippen molar-refractivity contribution in [2.75, 3.05) is 5.32 Å². The van der Waals surface area contributed by atoms with Gasteiger partial charge in [-0.25, -0.2) is 4.39 Å². The van der Waals surface area contributed by atoms with Crippen molar-refractivity contribution >= 4 is 24.2 Å². The van der Waals surface area contributed by atoms with Gasteiger partial charge in [-0.05, 0) is 35.8 Å². The summed E-state index contributed by atoms with van der Waals surface area (Å²) in [6.45, 7) is 0. The summed E-state index contributed by atoms with van der Waals surface area (Å²) in [4.78, 5) is 11.9. The van der Waals surface area contributed by atoms with Gasteiger partial charge in [0.15, 0.2) is 0 Å². The molecule has 2 rings (SSSR count). The molecule has 1 amide bonds. The number of anilines is 1. The molecule has 0 radical (unpaired) electrons. The number of halogens is 1. The summed E-state index contributed by atoms with van der Waals surface area (Å²) in [5.74, 6) is -1.23. The maximum Gasteiger partial charge on any atom is 0.488 e. The summed E-state index contributed by atoms with van der Waals surface area (Å²) < 4.78 is 13.3. The van der Waals surface area contributed by atoms with E-state index in [2.05, 4.69) is 5.32 Å². The molecular formula is C13H11BFNO3. The van der Waals surface area contributed by atoms with Crippen LogP contribution in [0.3, 0.4) is 0 Å². The first-order chi connectivity index (χ1) is 9.06. The average molecular weight is 259 g/mol. The Balaban J connectivity index is 2.24. The van der Waals surface area contributed by atoms with E-state index in [9.17, 15) is 9.18 Å². The van der Waals surface area contributed by atoms with Crippen molar-refractivity contribution in [3.8, 4) is 0 Å². The van der Waals surface area contributed by atoms with Crippen molar-refractivity contribution in [1.29, 1.82) is 0 Å². The molecular weight excluding hydrogens is 248 g/mol. The second-order valence-corrected chi connectivity index (χ2v) is 3.97. The van der Waals surface area contributed by atoms with Gasteiger partial charge in [0.2, 0.25) is 0 Å². The zero-order chi connectivity index (χ0) is 13.8. The van der Waals surface area contributed by atoms with Gasteiger partial charge in [-0.2, -0.15) is 0 Å². The second kappa shape index (κ2) is 5.64. The molecule has 0 aromatic heterocycles. The number of hydrogen-bond donors (Lipinski definition) is 3. The van der Waals surface area contributed by atoms with Crippen LogP contribution in [-0.4, -0.2) is 23.1 Å². The summed E-state index contributed by atoms with van der Waals surface area (Å²) in [7, 11) is -1.82. The smallest absolute Gasteiger partial charge is 0.423 e. The molecule has 0 saturated heterocycles. The fourth-order valence-corrected chi connectivity index (χ4v) is 1.62. The second-order valence-electron chi connectivity index (χ2n) is 3.97. The van der Waals surface area contributed by atoms with Crippen LogP contribution in [0.4, 0.5) is 10.1 Å². The number of carbonyl (C=O) groups is 1. The summed E-state index contributed by atoms with van der Waals surface area (Å²) in [6, 6.07) is 11.9. The lowest BCUT2D eigenvalue weighted by Crippen LogP contribution is -2.31. The van der Waals surface area contributed by atoms with Crippen molar-refractivity contribution < 1.29 is 19.2 Å². The Morgan fingerprint density at radius 1 is 1.11 bits per heavy atom. The Hall–Kier alpha value is -2.18. The van der Waals surface area contributed by atoms with E-state index in [1.54, 1.807) is 30.3 Å². The highest BCUT2D eigenvalue weighted by Gasteiger charge is 2.16. The average Bonchev–Trinajstić information content (AvgIpc) is 2.39. The predicted molar refractivity (Wildman–Crippen MR) is 70.6 cm³/mol. The van der Waals surface area contributed by atoms with Gasteiger partial charge in [0.25, 0.3) is 5.91 Å². The van der Waals surface area contributed by atoms with E-state index in [4.69, 9.17) is 10.0 Å². The molecule has 0 atom stereocenters. The molecule has 0 unspecified atom stereocenters. The summed E-state index contributed by atoms with van der Waals surface area (Å²) in [5.41, 5.74) is 0.521. The number of carbonyl (C=O) groups excluding carboxylic acids is 1. The Labute approximate surface area is 109 Å². The number of para-hydroxylation sites is 1. The zero-order valence-corrected chi connectivity index (χ0v) is 9.88. The normalized spacial score (nSPS) is 10.1. The minimum absolute atomic E-state index is 0.0203. The molecule has 0 saturated carbocycles. The molecule has 4 nitrogen and oxygen atoms in total. The molecule has 96 valence electrons. The van der Waals surface area contributed by atoms with Crippen molar-refractivity contribution in [2.45, 2.75) is 0 Å². The zero-order valence-electron chi connectivity index (χ0n) is 9.88. The quantitative estimate of drug-likeness (QED) is 0.712. The van der Waals surface area contributed by atoms with Gasteiger partial charge in [0, 0.05) is 11.3 Å². The number of benzene rings is 2. The third kappa shape index (κ3) is 3.40.